The molecule has 7 nitrogen and oxygen atoms in total. The van der Waals surface area contributed by atoms with Crippen LogP contribution in [-0.2, 0) is 22.6 Å². The fraction of sp³-hybridized carbons (Fsp3) is 0.235. The Morgan fingerprint density at radius 1 is 1.33 bits per heavy atom. The summed E-state index contributed by atoms with van der Waals surface area (Å²) >= 11 is 0. The van der Waals surface area contributed by atoms with E-state index in [-0.39, 0.29) is 0 Å². The quantitative estimate of drug-likeness (QED) is 0.684. The third-order valence-electron chi connectivity index (χ3n) is 3.65. The summed E-state index contributed by atoms with van der Waals surface area (Å²) in [7, 11) is 1.61. The normalized spacial score (nSPS) is 12.2. The highest BCUT2D eigenvalue weighted by atomic mass is 16.5. The third kappa shape index (κ3) is 3.52. The molecule has 0 bridgehead atoms. The second-order valence-corrected chi connectivity index (χ2v) is 5.46. The molecule has 0 spiro atoms. The van der Waals surface area contributed by atoms with Crippen molar-refractivity contribution in [1.82, 2.24) is 14.6 Å². The zero-order chi connectivity index (χ0) is 16.9. The number of amides is 1. The number of nitrogens with zero attached hydrogens (tertiary/aromatic N) is 3. The van der Waals surface area contributed by atoms with E-state index in [1.165, 1.54) is 0 Å². The summed E-state index contributed by atoms with van der Waals surface area (Å²) in [5, 5.41) is 7.42. The second-order valence-electron chi connectivity index (χ2n) is 5.46. The number of primary amides is 1. The molecule has 3 rings (SSSR count). The van der Waals surface area contributed by atoms with Gasteiger partial charge in [0.2, 0.25) is 5.91 Å². The van der Waals surface area contributed by atoms with Crippen LogP contribution in [0.3, 0.4) is 0 Å². The first-order valence-electron chi connectivity index (χ1n) is 7.60. The second kappa shape index (κ2) is 7.10. The molecule has 7 heteroatoms. The maximum absolute atomic E-state index is 11.9. The largest absolute Gasteiger partial charge is 0.378 e. The monoisotopic (exact) mass is 325 g/mol. The number of hydrogen-bond acceptors (Lipinski definition) is 5. The number of rotatable bonds is 7. The Morgan fingerprint density at radius 2 is 2.12 bits per heavy atom. The van der Waals surface area contributed by atoms with Gasteiger partial charge in [-0.05, 0) is 5.56 Å². The van der Waals surface area contributed by atoms with Crippen molar-refractivity contribution in [2.75, 3.05) is 12.4 Å². The number of nitrogens with two attached hydrogens (primary N) is 1. The van der Waals surface area contributed by atoms with Gasteiger partial charge in [0.15, 0.2) is 5.65 Å². The van der Waals surface area contributed by atoms with Gasteiger partial charge in [-0.1, -0.05) is 30.3 Å². The molecule has 0 fully saturated rings. The predicted octanol–water partition coefficient (Wildman–Crippen LogP) is 1.38. The number of hydrogen-bond donors (Lipinski definition) is 2. The molecular weight excluding hydrogens is 306 g/mol. The topological polar surface area (TPSA) is 94.5 Å². The molecule has 0 radical (unpaired) electrons. The highest BCUT2D eigenvalue weighted by Gasteiger charge is 2.18. The van der Waals surface area contributed by atoms with Crippen LogP contribution < -0.4 is 11.1 Å². The molecule has 1 aromatic carbocycles. The Morgan fingerprint density at radius 3 is 2.83 bits per heavy atom. The van der Waals surface area contributed by atoms with Crippen LogP contribution in [0.25, 0.3) is 5.65 Å². The van der Waals surface area contributed by atoms with E-state index in [0.29, 0.717) is 24.5 Å². The molecule has 1 unspecified atom stereocenters. The molecule has 1 atom stereocenters. The summed E-state index contributed by atoms with van der Waals surface area (Å²) in [6.45, 7) is 0.371. The van der Waals surface area contributed by atoms with Gasteiger partial charge in [-0.3, -0.25) is 4.79 Å². The Bertz CT molecular complexity index is 831. The molecule has 3 aromatic rings. The number of benzene rings is 1. The van der Waals surface area contributed by atoms with E-state index >= 15 is 0 Å². The Labute approximate surface area is 139 Å². The van der Waals surface area contributed by atoms with Crippen molar-refractivity contribution in [3.8, 4) is 0 Å². The first-order valence-corrected chi connectivity index (χ1v) is 7.60. The lowest BCUT2D eigenvalue weighted by Crippen LogP contribution is -2.38. The lowest BCUT2D eigenvalue weighted by molar-refractivity contribution is -0.118. The van der Waals surface area contributed by atoms with E-state index in [1.54, 1.807) is 23.9 Å². The van der Waals surface area contributed by atoms with Gasteiger partial charge >= 0.3 is 0 Å². The smallest absolute Gasteiger partial charge is 0.240 e. The maximum Gasteiger partial charge on any atom is 0.240 e. The standard InChI is InChI=1S/C17H19N5O2/c1-24-11-13-10-16(22-15(20-13)7-8-19-22)21-14(17(18)23)9-12-5-3-2-4-6-12/h2-8,10,14,21H,9,11H2,1H3,(H2,18,23). The highest BCUT2D eigenvalue weighted by Crippen LogP contribution is 2.15. The van der Waals surface area contributed by atoms with Crippen LogP contribution in [-0.4, -0.2) is 33.7 Å². The van der Waals surface area contributed by atoms with Crippen molar-refractivity contribution in [3.05, 3.63) is 59.9 Å². The lowest BCUT2D eigenvalue weighted by Gasteiger charge is -2.18. The summed E-state index contributed by atoms with van der Waals surface area (Å²) in [5.41, 5.74) is 8.02. The molecular formula is C17H19N5O2. The molecule has 2 aromatic heterocycles. The number of ether oxygens (including phenoxy) is 1. The van der Waals surface area contributed by atoms with E-state index < -0.39 is 11.9 Å². The van der Waals surface area contributed by atoms with Gasteiger partial charge < -0.3 is 15.8 Å². The first-order chi connectivity index (χ1) is 11.7. The zero-order valence-corrected chi connectivity index (χ0v) is 13.3. The van der Waals surface area contributed by atoms with Crippen LogP contribution in [0.4, 0.5) is 5.82 Å². The van der Waals surface area contributed by atoms with Crippen LogP contribution >= 0.6 is 0 Å². The van der Waals surface area contributed by atoms with Crippen molar-refractivity contribution in [1.29, 1.82) is 0 Å². The number of methoxy groups -OCH3 is 1. The number of carbonyl (C=O) groups is 1. The van der Waals surface area contributed by atoms with Gasteiger partial charge in [-0.25, -0.2) is 4.98 Å². The number of anilines is 1. The van der Waals surface area contributed by atoms with Gasteiger partial charge in [0, 0.05) is 25.7 Å². The summed E-state index contributed by atoms with van der Waals surface area (Å²) in [6.07, 6.45) is 2.14. The molecule has 3 N–H and O–H groups in total. The van der Waals surface area contributed by atoms with Gasteiger partial charge in [0.25, 0.3) is 0 Å². The van der Waals surface area contributed by atoms with Gasteiger partial charge in [-0.15, -0.1) is 0 Å². The SMILES string of the molecule is COCc1cc(NC(Cc2ccccc2)C(N)=O)n2nccc2n1. The summed E-state index contributed by atoms with van der Waals surface area (Å²) < 4.78 is 6.78. The lowest BCUT2D eigenvalue weighted by atomic mass is 10.1. The van der Waals surface area contributed by atoms with Crippen molar-refractivity contribution in [2.24, 2.45) is 5.73 Å². The molecule has 0 aliphatic carbocycles. The number of carbonyl (C=O) groups excluding carboxylic acids is 1. The van der Waals surface area contributed by atoms with Crippen LogP contribution in [0.15, 0.2) is 48.7 Å². The average molecular weight is 325 g/mol. The first kappa shape index (κ1) is 15.9. The van der Waals surface area contributed by atoms with E-state index in [0.717, 1.165) is 11.3 Å². The Kier molecular flexibility index (Phi) is 4.72. The summed E-state index contributed by atoms with van der Waals surface area (Å²) in [6, 6.07) is 12.8. The van der Waals surface area contributed by atoms with Gasteiger partial charge in [0.1, 0.15) is 11.9 Å². The minimum absolute atomic E-state index is 0.371. The molecule has 0 saturated heterocycles. The van der Waals surface area contributed by atoms with Crippen LogP contribution in [0.2, 0.25) is 0 Å². The van der Waals surface area contributed by atoms with E-state index in [2.05, 4.69) is 15.4 Å². The van der Waals surface area contributed by atoms with Crippen molar-refractivity contribution >= 4 is 17.4 Å². The molecule has 0 aliphatic heterocycles. The fourth-order valence-electron chi connectivity index (χ4n) is 2.54. The summed E-state index contributed by atoms with van der Waals surface area (Å²) in [5.74, 6) is 0.223. The number of fused-ring (bicyclic) bond motifs is 1. The Balaban J connectivity index is 1.90. The molecule has 2 heterocycles. The fourth-order valence-corrected chi connectivity index (χ4v) is 2.54. The minimum atomic E-state index is -0.558. The Hall–Kier alpha value is -2.93. The molecule has 124 valence electrons. The molecule has 24 heavy (non-hydrogen) atoms. The van der Waals surface area contributed by atoms with Gasteiger partial charge in [-0.2, -0.15) is 9.61 Å². The van der Waals surface area contributed by atoms with Crippen molar-refractivity contribution in [3.63, 3.8) is 0 Å². The van der Waals surface area contributed by atoms with E-state index in [1.807, 2.05) is 36.4 Å². The average Bonchev–Trinajstić information content (AvgIpc) is 3.04. The van der Waals surface area contributed by atoms with Crippen LogP contribution in [0.1, 0.15) is 11.3 Å². The third-order valence-corrected chi connectivity index (χ3v) is 3.65. The molecule has 0 saturated carbocycles. The van der Waals surface area contributed by atoms with Crippen molar-refractivity contribution in [2.45, 2.75) is 19.1 Å². The van der Waals surface area contributed by atoms with E-state index in [4.69, 9.17) is 10.5 Å². The van der Waals surface area contributed by atoms with Crippen LogP contribution in [0.5, 0.6) is 0 Å². The van der Waals surface area contributed by atoms with Crippen LogP contribution in [0, 0.1) is 0 Å². The highest BCUT2D eigenvalue weighted by molar-refractivity contribution is 5.83. The van der Waals surface area contributed by atoms with E-state index in [9.17, 15) is 4.79 Å². The number of nitrogens with one attached hydrogen (secondary N) is 1. The van der Waals surface area contributed by atoms with Crippen molar-refractivity contribution < 1.29 is 9.53 Å². The van der Waals surface area contributed by atoms with Gasteiger partial charge in [0.05, 0.1) is 18.5 Å². The number of aromatic nitrogens is 3. The predicted molar refractivity (Wildman–Crippen MR) is 90.5 cm³/mol. The molecule has 0 aliphatic rings. The molecule has 1 amide bonds. The minimum Gasteiger partial charge on any atom is -0.378 e. The summed E-state index contributed by atoms with van der Waals surface area (Å²) in [4.78, 5) is 16.3. The maximum atomic E-state index is 11.9. The zero-order valence-electron chi connectivity index (χ0n) is 13.3.